The van der Waals surface area contributed by atoms with Crippen LogP contribution in [0.2, 0.25) is 0 Å². The van der Waals surface area contributed by atoms with Crippen molar-refractivity contribution in [2.75, 3.05) is 11.1 Å². The molecule has 0 saturated carbocycles. The second-order valence-corrected chi connectivity index (χ2v) is 12.3. The molecule has 0 atom stereocenters. The minimum Gasteiger partial charge on any atom is -0.505 e. The average molecular weight is 641 g/mol. The zero-order valence-electron chi connectivity index (χ0n) is 22.9. The molecular formula is C28H24N4O10S2. The molecule has 4 aromatic rings. The van der Waals surface area contributed by atoms with Gasteiger partial charge < -0.3 is 21.3 Å². The van der Waals surface area contributed by atoms with E-state index in [-0.39, 0.29) is 11.1 Å². The van der Waals surface area contributed by atoms with E-state index in [0.29, 0.717) is 23.0 Å². The Hall–Kier alpha value is -5.16. The van der Waals surface area contributed by atoms with Crippen molar-refractivity contribution in [1.82, 2.24) is 0 Å². The normalized spacial score (nSPS) is 12.3. The number of carboxylic acids is 1. The number of anilines is 2. The molecule has 0 bridgehead atoms. The zero-order valence-corrected chi connectivity index (χ0v) is 24.5. The van der Waals surface area contributed by atoms with Crippen LogP contribution in [0, 0.1) is 13.8 Å². The number of nitrogens with two attached hydrogens (primary N) is 1. The van der Waals surface area contributed by atoms with Gasteiger partial charge in [0.25, 0.3) is 20.2 Å². The number of hydrogen-bond acceptors (Lipinski definition) is 10. The third-order valence-corrected chi connectivity index (χ3v) is 8.22. The zero-order chi connectivity index (χ0) is 32.6. The molecule has 0 heterocycles. The summed E-state index contributed by atoms with van der Waals surface area (Å²) < 4.78 is 66.6. The van der Waals surface area contributed by atoms with E-state index in [1.807, 2.05) is 12.1 Å². The van der Waals surface area contributed by atoms with Crippen molar-refractivity contribution < 1.29 is 45.7 Å². The average Bonchev–Trinajstić information content (AvgIpc) is 2.91. The summed E-state index contributed by atoms with van der Waals surface area (Å²) in [5, 5.41) is 29.5. The number of aromatic hydroxyl groups is 1. The molecule has 0 aliphatic rings. The summed E-state index contributed by atoms with van der Waals surface area (Å²) in [5.74, 6) is -2.57. The van der Waals surface area contributed by atoms with E-state index in [0.717, 1.165) is 34.9 Å². The Labute approximate surface area is 250 Å². The van der Waals surface area contributed by atoms with Gasteiger partial charge in [0.2, 0.25) is 5.91 Å². The third kappa shape index (κ3) is 6.73. The van der Waals surface area contributed by atoms with Gasteiger partial charge in [-0.2, -0.15) is 21.9 Å². The molecule has 7 N–H and O–H groups in total. The maximum Gasteiger partial charge on any atom is 0.328 e. The van der Waals surface area contributed by atoms with Gasteiger partial charge in [0, 0.05) is 23.2 Å². The fraction of sp³-hybridized carbons (Fsp3) is 0.0714. The molecule has 1 amide bonds. The van der Waals surface area contributed by atoms with E-state index in [2.05, 4.69) is 15.5 Å². The minimum absolute atomic E-state index is 0.215. The van der Waals surface area contributed by atoms with Crippen molar-refractivity contribution in [2.45, 2.75) is 23.6 Å². The van der Waals surface area contributed by atoms with Crippen molar-refractivity contribution in [1.29, 1.82) is 0 Å². The number of phenols is 1. The van der Waals surface area contributed by atoms with Crippen LogP contribution in [-0.2, 0) is 29.8 Å². The van der Waals surface area contributed by atoms with E-state index in [9.17, 15) is 40.6 Å². The Balaban J connectivity index is 1.67. The summed E-state index contributed by atoms with van der Waals surface area (Å²) >= 11 is 0. The Morgan fingerprint density at radius 2 is 1.36 bits per heavy atom. The van der Waals surface area contributed by atoms with Crippen LogP contribution in [0.15, 0.2) is 86.8 Å². The van der Waals surface area contributed by atoms with Crippen molar-refractivity contribution >= 4 is 65.6 Å². The maximum atomic E-state index is 11.9. The molecule has 0 aliphatic carbocycles. The standard InChI is InChI=1S/C28H24N4O10S2/c1-14-11-16(3-6-19(14)30-24(33)9-10-25(34)35)17-4-7-20(15(2)12-17)31-32-21-8-5-18-22(43(37,38)39)13-23(44(40,41)42)27(29)26(18)28(21)36/h3-13,36H,29H2,1-2H3,(H,30,33)(H,34,35)(H,37,38,39)(H,40,41,42)/b10-9-,32-31?. The Morgan fingerprint density at radius 3 is 1.93 bits per heavy atom. The van der Waals surface area contributed by atoms with Gasteiger partial charge in [0.05, 0.1) is 16.8 Å². The lowest BCUT2D eigenvalue weighted by molar-refractivity contribution is -0.131. The van der Waals surface area contributed by atoms with Crippen LogP contribution in [0.3, 0.4) is 0 Å². The van der Waals surface area contributed by atoms with Gasteiger partial charge in [-0.1, -0.05) is 18.2 Å². The second kappa shape index (κ2) is 11.8. The first-order chi connectivity index (χ1) is 20.5. The number of fused-ring (bicyclic) bond motifs is 1. The smallest absolute Gasteiger partial charge is 0.328 e. The highest BCUT2D eigenvalue weighted by Gasteiger charge is 2.26. The van der Waals surface area contributed by atoms with Crippen LogP contribution in [0.4, 0.5) is 22.7 Å². The molecule has 228 valence electrons. The van der Waals surface area contributed by atoms with Gasteiger partial charge in [-0.15, -0.1) is 5.11 Å². The van der Waals surface area contributed by atoms with Crippen LogP contribution in [-0.4, -0.2) is 48.0 Å². The SMILES string of the molecule is Cc1cc(-c2ccc(NC(=O)/C=C\C(=O)O)c(C)c2)ccc1N=Nc1ccc2c(S(=O)(=O)O)cc(S(=O)(=O)O)c(N)c2c1O. The van der Waals surface area contributed by atoms with Crippen molar-refractivity contribution in [2.24, 2.45) is 10.2 Å². The number of nitrogens with one attached hydrogen (secondary N) is 1. The molecule has 0 aliphatic heterocycles. The van der Waals surface area contributed by atoms with Crippen LogP contribution < -0.4 is 11.1 Å². The van der Waals surface area contributed by atoms with E-state index in [1.54, 1.807) is 38.1 Å². The highest BCUT2D eigenvalue weighted by atomic mass is 32.2. The number of phenolic OH excluding ortho intramolecular Hbond substituents is 1. The lowest BCUT2D eigenvalue weighted by Crippen LogP contribution is -2.09. The summed E-state index contributed by atoms with van der Waals surface area (Å²) in [6, 6.07) is 13.3. The van der Waals surface area contributed by atoms with E-state index < -0.39 is 58.7 Å². The Morgan fingerprint density at radius 1 is 0.795 bits per heavy atom. The molecule has 0 fully saturated rings. The van der Waals surface area contributed by atoms with Gasteiger partial charge in [-0.25, -0.2) is 4.79 Å². The second-order valence-electron chi connectivity index (χ2n) is 9.48. The van der Waals surface area contributed by atoms with E-state index in [1.165, 1.54) is 6.07 Å². The largest absolute Gasteiger partial charge is 0.505 e. The molecule has 16 heteroatoms. The first kappa shape index (κ1) is 31.8. The number of azo groups is 1. The summed E-state index contributed by atoms with van der Waals surface area (Å²) in [6.07, 6.45) is 1.64. The van der Waals surface area contributed by atoms with Crippen molar-refractivity contribution in [3.05, 3.63) is 77.9 Å². The first-order valence-electron chi connectivity index (χ1n) is 12.4. The monoisotopic (exact) mass is 640 g/mol. The van der Waals surface area contributed by atoms with Gasteiger partial charge in [0.1, 0.15) is 15.5 Å². The van der Waals surface area contributed by atoms with Gasteiger partial charge in [-0.05, 0) is 72.5 Å². The van der Waals surface area contributed by atoms with Crippen LogP contribution >= 0.6 is 0 Å². The number of aliphatic carboxylic acids is 1. The molecule has 4 aromatic carbocycles. The number of amides is 1. The molecule has 0 aromatic heterocycles. The summed E-state index contributed by atoms with van der Waals surface area (Å²) in [4.78, 5) is 20.6. The molecule has 0 unspecified atom stereocenters. The quantitative estimate of drug-likeness (QED) is 0.0654. The Bertz CT molecular complexity index is 2140. The number of carbonyl (C=O) groups excluding carboxylic acids is 1. The molecule has 0 saturated heterocycles. The summed E-state index contributed by atoms with van der Waals surface area (Å²) in [7, 11) is -10.0. The predicted molar refractivity (Wildman–Crippen MR) is 161 cm³/mol. The minimum atomic E-state index is -5.05. The van der Waals surface area contributed by atoms with Crippen molar-refractivity contribution in [3.63, 3.8) is 0 Å². The fourth-order valence-corrected chi connectivity index (χ4v) is 5.76. The molecule has 0 radical (unpaired) electrons. The summed E-state index contributed by atoms with van der Waals surface area (Å²) in [5.41, 5.74) is 8.87. The number of carboxylic acid groups (broad SMARTS) is 1. The molecule has 4 rings (SSSR count). The number of nitrogens with zero attached hydrogens (tertiary/aromatic N) is 2. The number of rotatable bonds is 8. The fourth-order valence-electron chi connectivity index (χ4n) is 4.32. The lowest BCUT2D eigenvalue weighted by atomic mass is 10.00. The number of benzene rings is 4. The lowest BCUT2D eigenvalue weighted by Gasteiger charge is -2.13. The third-order valence-electron chi connectivity index (χ3n) is 6.43. The number of hydrogen-bond donors (Lipinski definition) is 6. The highest BCUT2D eigenvalue weighted by molar-refractivity contribution is 7.87. The molecule has 14 nitrogen and oxygen atoms in total. The first-order valence-corrected chi connectivity index (χ1v) is 15.2. The molecular weight excluding hydrogens is 616 g/mol. The van der Waals surface area contributed by atoms with Crippen LogP contribution in [0.25, 0.3) is 21.9 Å². The summed E-state index contributed by atoms with van der Waals surface area (Å²) in [6.45, 7) is 3.53. The van der Waals surface area contributed by atoms with Gasteiger partial charge in [-0.3, -0.25) is 13.9 Å². The van der Waals surface area contributed by atoms with E-state index in [4.69, 9.17) is 10.8 Å². The van der Waals surface area contributed by atoms with Gasteiger partial charge in [0.15, 0.2) is 5.75 Å². The van der Waals surface area contributed by atoms with Crippen LogP contribution in [0.1, 0.15) is 11.1 Å². The molecule has 0 spiro atoms. The number of aryl methyl sites for hydroxylation is 2. The highest BCUT2D eigenvalue weighted by Crippen LogP contribution is 2.43. The Kier molecular flexibility index (Phi) is 8.55. The predicted octanol–water partition coefficient (Wildman–Crippen LogP) is 4.90. The maximum absolute atomic E-state index is 11.9. The van der Waals surface area contributed by atoms with E-state index >= 15 is 0 Å². The molecule has 44 heavy (non-hydrogen) atoms. The topological polar surface area (TPSA) is 246 Å². The van der Waals surface area contributed by atoms with Crippen LogP contribution in [0.5, 0.6) is 5.75 Å². The number of nitrogen functional groups attached to an aromatic ring is 1. The van der Waals surface area contributed by atoms with Gasteiger partial charge >= 0.3 is 5.97 Å². The number of carbonyl (C=O) groups is 2. The van der Waals surface area contributed by atoms with Crippen molar-refractivity contribution in [3.8, 4) is 16.9 Å².